The predicted molar refractivity (Wildman–Crippen MR) is 92.2 cm³/mol. The summed E-state index contributed by atoms with van der Waals surface area (Å²) in [5.41, 5.74) is 1.51. The molecule has 0 radical (unpaired) electrons. The molecule has 0 saturated carbocycles. The van der Waals surface area contributed by atoms with E-state index in [1.165, 1.54) is 12.0 Å². The largest absolute Gasteiger partial charge is 0.465 e. The van der Waals surface area contributed by atoms with Crippen LogP contribution in [0.1, 0.15) is 32.1 Å². The molecule has 0 fully saturated rings. The van der Waals surface area contributed by atoms with Crippen molar-refractivity contribution in [1.82, 2.24) is 15.0 Å². The van der Waals surface area contributed by atoms with Crippen LogP contribution in [0.3, 0.4) is 0 Å². The van der Waals surface area contributed by atoms with Crippen LogP contribution in [-0.2, 0) is 14.3 Å². The molecule has 2 heterocycles. The minimum Gasteiger partial charge on any atom is -0.465 e. The average Bonchev–Trinajstić information content (AvgIpc) is 2.94. The Kier molecular flexibility index (Phi) is 6.05. The SMILES string of the molecule is COC(=O)c1c(C)[nH]c(C(=O)COC(=O)CN(C)c2ncccn2)c1C. The van der Waals surface area contributed by atoms with Crippen molar-refractivity contribution in [2.75, 3.05) is 32.2 Å². The molecule has 0 aromatic carbocycles. The van der Waals surface area contributed by atoms with Crippen LogP contribution in [-0.4, -0.2) is 60.0 Å². The molecule has 0 amide bonds. The van der Waals surface area contributed by atoms with Gasteiger partial charge in [-0.25, -0.2) is 14.8 Å². The van der Waals surface area contributed by atoms with Crippen molar-refractivity contribution in [3.8, 4) is 0 Å². The summed E-state index contributed by atoms with van der Waals surface area (Å²) in [5.74, 6) is -1.19. The van der Waals surface area contributed by atoms with E-state index in [2.05, 4.69) is 15.0 Å². The van der Waals surface area contributed by atoms with Crippen molar-refractivity contribution in [2.24, 2.45) is 0 Å². The molecule has 9 heteroatoms. The lowest BCUT2D eigenvalue weighted by atomic mass is 10.1. The smallest absolute Gasteiger partial charge is 0.339 e. The number of ketones is 1. The second kappa shape index (κ2) is 8.24. The van der Waals surface area contributed by atoms with Gasteiger partial charge in [-0.2, -0.15) is 0 Å². The molecule has 0 aliphatic rings. The highest BCUT2D eigenvalue weighted by atomic mass is 16.5. The van der Waals surface area contributed by atoms with Crippen LogP contribution < -0.4 is 4.90 Å². The maximum Gasteiger partial charge on any atom is 0.339 e. The first-order valence-corrected chi connectivity index (χ1v) is 7.79. The molecule has 138 valence electrons. The number of carbonyl (C=O) groups excluding carboxylic acids is 3. The van der Waals surface area contributed by atoms with Crippen LogP contribution >= 0.6 is 0 Å². The zero-order valence-corrected chi connectivity index (χ0v) is 15.0. The van der Waals surface area contributed by atoms with Crippen LogP contribution in [0.15, 0.2) is 18.5 Å². The Bertz CT molecular complexity index is 816. The molecule has 9 nitrogen and oxygen atoms in total. The third-order valence-electron chi connectivity index (χ3n) is 3.73. The van der Waals surface area contributed by atoms with Gasteiger partial charge in [0.2, 0.25) is 11.7 Å². The fourth-order valence-corrected chi connectivity index (χ4v) is 2.45. The monoisotopic (exact) mass is 360 g/mol. The molecule has 0 bridgehead atoms. The van der Waals surface area contributed by atoms with Crippen LogP contribution in [0.2, 0.25) is 0 Å². The Morgan fingerprint density at radius 1 is 1.19 bits per heavy atom. The van der Waals surface area contributed by atoms with Gasteiger partial charge in [0.15, 0.2) is 6.61 Å². The summed E-state index contributed by atoms with van der Waals surface area (Å²) in [6, 6.07) is 1.66. The van der Waals surface area contributed by atoms with Crippen LogP contribution in [0.4, 0.5) is 5.95 Å². The predicted octanol–water partition coefficient (Wildman–Crippen LogP) is 1.07. The van der Waals surface area contributed by atoms with Crippen molar-refractivity contribution in [3.05, 3.63) is 41.0 Å². The normalized spacial score (nSPS) is 10.3. The number of aromatic amines is 1. The van der Waals surface area contributed by atoms with Gasteiger partial charge in [-0.05, 0) is 25.5 Å². The van der Waals surface area contributed by atoms with Crippen molar-refractivity contribution >= 4 is 23.7 Å². The first-order valence-electron chi connectivity index (χ1n) is 7.79. The molecule has 0 aliphatic heterocycles. The molecule has 0 atom stereocenters. The van der Waals surface area contributed by atoms with E-state index in [-0.39, 0.29) is 12.2 Å². The lowest BCUT2D eigenvalue weighted by molar-refractivity contribution is -0.140. The number of carbonyl (C=O) groups is 3. The zero-order chi connectivity index (χ0) is 19.3. The lowest BCUT2D eigenvalue weighted by Crippen LogP contribution is -2.29. The number of H-pyrrole nitrogens is 1. The van der Waals surface area contributed by atoms with E-state index >= 15 is 0 Å². The van der Waals surface area contributed by atoms with Gasteiger partial charge < -0.3 is 19.4 Å². The van der Waals surface area contributed by atoms with Gasteiger partial charge >= 0.3 is 11.9 Å². The molecular formula is C17H20N4O5. The number of nitrogens with zero attached hydrogens (tertiary/aromatic N) is 3. The highest BCUT2D eigenvalue weighted by Crippen LogP contribution is 2.19. The minimum absolute atomic E-state index is 0.104. The van der Waals surface area contributed by atoms with Gasteiger partial charge in [0.05, 0.1) is 18.4 Å². The number of methoxy groups -OCH3 is 1. The summed E-state index contributed by atoms with van der Waals surface area (Å²) in [7, 11) is 2.91. The van der Waals surface area contributed by atoms with E-state index in [9.17, 15) is 14.4 Å². The van der Waals surface area contributed by atoms with Crippen molar-refractivity contribution in [1.29, 1.82) is 0 Å². The Labute approximate surface area is 150 Å². The number of esters is 2. The van der Waals surface area contributed by atoms with E-state index in [4.69, 9.17) is 9.47 Å². The average molecular weight is 360 g/mol. The van der Waals surface area contributed by atoms with Crippen LogP contribution in [0.5, 0.6) is 0 Å². The fraction of sp³-hybridized carbons (Fsp3) is 0.353. The van der Waals surface area contributed by atoms with Crippen molar-refractivity contribution < 1.29 is 23.9 Å². The standard InChI is InChI=1S/C17H20N4O5/c1-10-14(16(24)25-4)11(2)20-15(10)12(22)9-26-13(23)8-21(3)17-18-6-5-7-19-17/h5-7,20H,8-9H2,1-4H3. The Morgan fingerprint density at radius 2 is 1.85 bits per heavy atom. The van der Waals surface area contributed by atoms with E-state index < -0.39 is 24.3 Å². The second-order valence-electron chi connectivity index (χ2n) is 5.61. The highest BCUT2D eigenvalue weighted by molar-refractivity contribution is 6.02. The second-order valence-corrected chi connectivity index (χ2v) is 5.61. The molecule has 1 N–H and O–H groups in total. The summed E-state index contributed by atoms with van der Waals surface area (Å²) in [6.45, 7) is 2.75. The molecular weight excluding hydrogens is 340 g/mol. The molecule has 2 aromatic rings. The number of nitrogens with one attached hydrogen (secondary N) is 1. The number of hydrogen-bond acceptors (Lipinski definition) is 8. The summed E-state index contributed by atoms with van der Waals surface area (Å²) in [5, 5.41) is 0. The zero-order valence-electron chi connectivity index (χ0n) is 15.0. The Morgan fingerprint density at radius 3 is 2.46 bits per heavy atom. The fourth-order valence-electron chi connectivity index (χ4n) is 2.45. The van der Waals surface area contributed by atoms with E-state index in [0.717, 1.165) is 0 Å². The molecule has 0 saturated heterocycles. The van der Waals surface area contributed by atoms with Gasteiger partial charge in [0.25, 0.3) is 0 Å². The summed E-state index contributed by atoms with van der Waals surface area (Å²) >= 11 is 0. The number of rotatable bonds is 7. The number of aryl methyl sites for hydroxylation is 1. The Balaban J connectivity index is 1.96. The number of Topliss-reactive ketones (excluding diaryl/α,β-unsaturated/α-hetero) is 1. The van der Waals surface area contributed by atoms with Crippen LogP contribution in [0.25, 0.3) is 0 Å². The van der Waals surface area contributed by atoms with Gasteiger partial charge in [-0.3, -0.25) is 9.59 Å². The minimum atomic E-state index is -0.595. The summed E-state index contributed by atoms with van der Waals surface area (Å²) < 4.78 is 9.72. The Hall–Kier alpha value is -3.23. The maximum atomic E-state index is 12.3. The van der Waals surface area contributed by atoms with Crippen molar-refractivity contribution in [2.45, 2.75) is 13.8 Å². The van der Waals surface area contributed by atoms with Crippen molar-refractivity contribution in [3.63, 3.8) is 0 Å². The van der Waals surface area contributed by atoms with Gasteiger partial charge in [0.1, 0.15) is 6.54 Å². The number of ether oxygens (including phenoxy) is 2. The molecule has 2 aromatic heterocycles. The van der Waals surface area contributed by atoms with Gasteiger partial charge in [0, 0.05) is 25.1 Å². The number of hydrogen-bond donors (Lipinski definition) is 1. The number of aromatic nitrogens is 3. The molecule has 26 heavy (non-hydrogen) atoms. The van der Waals surface area contributed by atoms with Gasteiger partial charge in [-0.1, -0.05) is 0 Å². The first kappa shape index (κ1) is 19.1. The highest BCUT2D eigenvalue weighted by Gasteiger charge is 2.23. The third-order valence-corrected chi connectivity index (χ3v) is 3.73. The maximum absolute atomic E-state index is 12.3. The van der Waals surface area contributed by atoms with E-state index in [0.29, 0.717) is 22.8 Å². The quantitative estimate of drug-likeness (QED) is 0.576. The number of anilines is 1. The first-order chi connectivity index (χ1) is 12.3. The number of likely N-dealkylation sites (N-methyl/N-ethyl adjacent to an activating group) is 1. The molecule has 0 spiro atoms. The summed E-state index contributed by atoms with van der Waals surface area (Å²) in [6.07, 6.45) is 3.12. The van der Waals surface area contributed by atoms with Crippen LogP contribution in [0, 0.1) is 13.8 Å². The summed E-state index contributed by atoms with van der Waals surface area (Å²) in [4.78, 5) is 48.4. The molecule has 2 rings (SSSR count). The van der Waals surface area contributed by atoms with Gasteiger partial charge in [-0.15, -0.1) is 0 Å². The molecule has 0 aliphatic carbocycles. The lowest BCUT2D eigenvalue weighted by Gasteiger charge is -2.15. The topological polar surface area (TPSA) is 114 Å². The molecule has 0 unspecified atom stereocenters. The van der Waals surface area contributed by atoms with E-state index in [1.807, 2.05) is 0 Å². The van der Waals surface area contributed by atoms with E-state index in [1.54, 1.807) is 39.4 Å². The third kappa shape index (κ3) is 4.24.